The highest BCUT2D eigenvalue weighted by Crippen LogP contribution is 2.46. The molecule has 30 aromatic rings. The van der Waals surface area contributed by atoms with Crippen molar-refractivity contribution in [1.29, 1.82) is 0 Å². The highest BCUT2D eigenvalue weighted by molar-refractivity contribution is 7.27. The second-order valence-corrected chi connectivity index (χ2v) is 36.2. The molecule has 21 nitrogen and oxygen atoms in total. The third-order valence-corrected chi connectivity index (χ3v) is 29.1. The van der Waals surface area contributed by atoms with Crippen molar-refractivity contribution in [3.05, 3.63) is 383 Å². The fraction of sp³-hybridized carbons (Fsp3) is 0. The largest absolute Gasteiger partial charge is 0.262 e. The lowest BCUT2D eigenvalue weighted by atomic mass is 10.1. The van der Waals surface area contributed by atoms with E-state index in [-0.39, 0.29) is 0 Å². The summed E-state index contributed by atoms with van der Waals surface area (Å²) in [7, 11) is 0. The summed E-state index contributed by atoms with van der Waals surface area (Å²) in [6, 6.07) is 119. The molecule has 630 valence electrons. The minimum Gasteiger partial charge on any atom is -0.262 e. The number of fused-ring (bicyclic) bond motifs is 27. The first-order valence-corrected chi connectivity index (χ1v) is 46.5. The summed E-state index contributed by atoms with van der Waals surface area (Å²) < 4.78 is 19.5. The number of benzene rings is 12. The van der Waals surface area contributed by atoms with E-state index in [1.165, 1.54) is 50.4 Å². The highest BCUT2D eigenvalue weighted by Gasteiger charge is 2.29. The summed E-state index contributed by atoms with van der Waals surface area (Å²) in [5.74, 6) is 4.75. The first-order valence-electron chi connectivity index (χ1n) is 44.1. The number of aromatic nitrogens is 21. The lowest BCUT2D eigenvalue weighted by molar-refractivity contribution is 0.883. The fourth-order valence-corrected chi connectivity index (χ4v) is 23.2. The number of hydrogen-bond donors (Lipinski definition) is 0. The summed E-state index contributed by atoms with van der Waals surface area (Å²) in [5.41, 5.74) is 13.5. The molecule has 135 heavy (non-hydrogen) atoms. The number of nitrogens with zero attached hydrogens (tertiary/aromatic N) is 21. The lowest BCUT2D eigenvalue weighted by Gasteiger charge is -2.12. The van der Waals surface area contributed by atoms with Crippen LogP contribution in [0.4, 0.5) is 0 Å². The number of para-hydroxylation sites is 6. The van der Waals surface area contributed by atoms with Crippen LogP contribution in [0.3, 0.4) is 0 Å². The van der Waals surface area contributed by atoms with Gasteiger partial charge in [0.1, 0.15) is 33.9 Å². The Bertz CT molecular complexity index is 9460. The van der Waals surface area contributed by atoms with E-state index in [4.69, 9.17) is 74.8 Å². The van der Waals surface area contributed by atoms with Crippen LogP contribution in [0.5, 0.6) is 0 Å². The van der Waals surface area contributed by atoms with Crippen molar-refractivity contribution in [3.8, 4) is 69.9 Å². The van der Waals surface area contributed by atoms with Gasteiger partial charge in [-0.2, -0.15) is 44.9 Å². The maximum absolute atomic E-state index is 5.22. The Morgan fingerprint density at radius 1 is 0.170 bits per heavy atom. The third-order valence-electron chi connectivity index (χ3n) is 25.6. The maximum atomic E-state index is 5.22. The fourth-order valence-electron chi connectivity index (χ4n) is 19.8. The molecular weight excluding hydrogens is 1720 g/mol. The van der Waals surface area contributed by atoms with Crippen molar-refractivity contribution in [2.45, 2.75) is 0 Å². The van der Waals surface area contributed by atoms with Crippen LogP contribution >= 0.6 is 34.0 Å². The molecule has 0 amide bonds. The van der Waals surface area contributed by atoms with Crippen molar-refractivity contribution in [2.24, 2.45) is 0 Å². The summed E-state index contributed by atoms with van der Waals surface area (Å²) in [6.45, 7) is 0. The Labute approximate surface area is 775 Å². The molecule has 0 aliphatic rings. The normalized spacial score (nSPS) is 12.0. The van der Waals surface area contributed by atoms with Crippen molar-refractivity contribution >= 4 is 226 Å². The maximum Gasteiger partial charge on any atom is 0.241 e. The van der Waals surface area contributed by atoms with Crippen molar-refractivity contribution in [3.63, 3.8) is 0 Å². The molecule has 0 unspecified atom stereocenters. The summed E-state index contributed by atoms with van der Waals surface area (Å²) in [5, 5.41) is 20.0. The van der Waals surface area contributed by atoms with Gasteiger partial charge in [0.2, 0.25) is 35.7 Å². The Hall–Kier alpha value is -18.0. The molecule has 18 heterocycles. The predicted octanol–water partition coefficient (Wildman–Crippen LogP) is 26.7. The molecule has 0 saturated heterocycles. The summed E-state index contributed by atoms with van der Waals surface area (Å²) in [4.78, 5) is 75.6. The van der Waals surface area contributed by atoms with Crippen LogP contribution in [0.2, 0.25) is 0 Å². The van der Waals surface area contributed by atoms with Gasteiger partial charge in [-0.05, 0) is 158 Å². The molecule has 0 fully saturated rings. The number of rotatable bonds is 9. The Morgan fingerprint density at radius 3 is 0.807 bits per heavy atom. The summed E-state index contributed by atoms with van der Waals surface area (Å²) >= 11 is 5.34. The molecule has 0 atom stereocenters. The lowest BCUT2D eigenvalue weighted by Crippen LogP contribution is -2.11. The van der Waals surface area contributed by atoms with E-state index in [1.807, 2.05) is 150 Å². The number of hydrogen-bond acceptors (Lipinski definition) is 18. The molecule has 0 radical (unpaired) electrons. The van der Waals surface area contributed by atoms with Gasteiger partial charge in [-0.1, -0.05) is 188 Å². The van der Waals surface area contributed by atoms with E-state index in [2.05, 4.69) is 261 Å². The van der Waals surface area contributed by atoms with Crippen LogP contribution in [0.1, 0.15) is 0 Å². The minimum absolute atomic E-state index is 0.497. The van der Waals surface area contributed by atoms with Gasteiger partial charge in [0.15, 0.2) is 17.5 Å². The average Bonchev–Trinajstić information content (AvgIpc) is 1.58. The van der Waals surface area contributed by atoms with Crippen LogP contribution in [0, 0.1) is 0 Å². The average molecular weight is 1790 g/mol. The first-order chi connectivity index (χ1) is 67.0. The van der Waals surface area contributed by atoms with Crippen LogP contribution in [-0.2, 0) is 0 Å². The molecule has 18 aromatic heterocycles. The van der Waals surface area contributed by atoms with Crippen LogP contribution < -0.4 is 0 Å². The third kappa shape index (κ3) is 11.9. The van der Waals surface area contributed by atoms with Gasteiger partial charge < -0.3 is 0 Å². The van der Waals surface area contributed by atoms with Crippen molar-refractivity contribution < 1.29 is 0 Å². The van der Waals surface area contributed by atoms with Gasteiger partial charge in [-0.15, -0.1) is 34.0 Å². The zero-order valence-electron chi connectivity index (χ0n) is 71.0. The standard InChI is InChI=1S/3C37H21N7S/c1-4-16-28-22(10-1)24-14-8-20-38-34(24)43(28)36-40-33(27-13-7-19-31-32(27)26-12-3-6-18-30(26)45-31)41-37(42-36)44-29-17-5-2-11-23(29)25-15-9-21-39-35(25)44;1-4-17-29-22(10-1)26-15-8-20-38-34(26)43(29)36-40-33(28-14-7-13-25-24-12-3-6-19-31(24)45-32(25)28)41-37(42-36)44-30-18-5-2-11-23(30)27-16-9-21-39-35(27)44;1-4-14-29-23(9-1)26-12-7-19-38-34(26)43(29)36-40-33(22-17-18-32-28(21-22)25-11-3-6-16-31(25)45-32)41-37(42-36)44-30-15-5-2-10-24(30)27-13-8-20-39-35(27)44/h3*1-21H. The topological polar surface area (TPSA) is 223 Å². The molecular formula is C111H63N21S3. The van der Waals surface area contributed by atoms with E-state index in [0.29, 0.717) is 53.2 Å². The SMILES string of the molecule is c1ccc2c(c1)sc1c(-c3nc(-n4c5ccccc5c5cccnc54)nc(-n4c5ccccc5c5cccnc54)n3)cccc12.c1ccc2c(c1)sc1ccc(-c3nc(-n4c5ccccc5c5cccnc54)nc(-n4c5ccccc5c5cccnc54)n3)cc12.c1ccc2c(c1)sc1cccc(-c3nc(-n4c5ccccc5c5cccnc54)nc(-n4c5ccccc5c5cccnc54)n3)c12. The summed E-state index contributed by atoms with van der Waals surface area (Å²) in [6.07, 6.45) is 10.9. The van der Waals surface area contributed by atoms with E-state index in [9.17, 15) is 0 Å². The van der Waals surface area contributed by atoms with E-state index < -0.39 is 0 Å². The van der Waals surface area contributed by atoms with Crippen LogP contribution in [0.25, 0.3) is 262 Å². The zero-order valence-corrected chi connectivity index (χ0v) is 73.4. The Balaban J connectivity index is 0.000000101. The van der Waals surface area contributed by atoms with Crippen molar-refractivity contribution in [2.75, 3.05) is 0 Å². The molecule has 12 aromatic carbocycles. The van der Waals surface area contributed by atoms with Crippen LogP contribution in [-0.4, -0.2) is 102 Å². The van der Waals surface area contributed by atoms with Gasteiger partial charge in [-0.3, -0.25) is 27.4 Å². The molecule has 0 aliphatic carbocycles. The molecule has 0 bridgehead atoms. The molecule has 0 N–H and O–H groups in total. The quantitative estimate of drug-likeness (QED) is 0.131. The minimum atomic E-state index is 0.497. The van der Waals surface area contributed by atoms with Gasteiger partial charge in [-0.25, -0.2) is 29.9 Å². The first kappa shape index (κ1) is 76.0. The molecule has 0 aliphatic heterocycles. The molecule has 24 heteroatoms. The molecule has 0 spiro atoms. The Kier molecular flexibility index (Phi) is 17.1. The van der Waals surface area contributed by atoms with E-state index in [1.54, 1.807) is 34.0 Å². The number of pyridine rings is 6. The van der Waals surface area contributed by atoms with Gasteiger partial charge >= 0.3 is 0 Å². The van der Waals surface area contributed by atoms with E-state index in [0.717, 1.165) is 158 Å². The van der Waals surface area contributed by atoms with Gasteiger partial charge in [0, 0.05) is 179 Å². The number of thiophene rings is 3. The molecule has 30 rings (SSSR count). The highest BCUT2D eigenvalue weighted by atomic mass is 32.1. The smallest absolute Gasteiger partial charge is 0.241 e. The van der Waals surface area contributed by atoms with Crippen molar-refractivity contribution in [1.82, 2.24) is 102 Å². The predicted molar refractivity (Wildman–Crippen MR) is 547 cm³/mol. The molecule has 0 saturated carbocycles. The van der Waals surface area contributed by atoms with Crippen LogP contribution in [0.15, 0.2) is 383 Å². The van der Waals surface area contributed by atoms with Gasteiger partial charge in [0.05, 0.1) is 33.1 Å². The second kappa shape index (κ2) is 30.3. The Morgan fingerprint density at radius 2 is 0.430 bits per heavy atom. The second-order valence-electron chi connectivity index (χ2n) is 33.0. The van der Waals surface area contributed by atoms with E-state index >= 15 is 0 Å². The monoisotopic (exact) mass is 1790 g/mol. The zero-order chi connectivity index (χ0) is 88.5. The van der Waals surface area contributed by atoms with Gasteiger partial charge in [0.25, 0.3) is 0 Å².